The molecule has 0 radical (unpaired) electrons. The first-order valence-electron chi connectivity index (χ1n) is 9.29. The highest BCUT2D eigenvalue weighted by molar-refractivity contribution is 7.89. The van der Waals surface area contributed by atoms with Crippen LogP contribution in [0, 0.1) is 11.6 Å². The molecule has 3 rings (SSSR count). The maximum Gasteiger partial charge on any atom is 0.340 e. The molecule has 0 fully saturated rings. The molecule has 0 aliphatic rings. The van der Waals surface area contributed by atoms with E-state index in [0.29, 0.717) is 35.5 Å². The predicted octanol–water partition coefficient (Wildman–Crippen LogP) is 3.99. The van der Waals surface area contributed by atoms with Crippen molar-refractivity contribution in [3.63, 3.8) is 0 Å². The average molecular weight is 472 g/mol. The molecule has 0 aliphatic heterocycles. The van der Waals surface area contributed by atoms with Gasteiger partial charge in [0.2, 0.25) is 10.0 Å². The molecule has 0 bridgehead atoms. The largest absolute Gasteiger partial charge is 0.454 e. The average Bonchev–Trinajstić information content (AvgIpc) is 3.05. The first-order chi connectivity index (χ1) is 14.6. The van der Waals surface area contributed by atoms with Gasteiger partial charge >= 0.3 is 5.97 Å². The standard InChI is InChI=1S/C20H20ClF2N3O4S/c1-4-7-26-18-6-5-12(31(28,29)25(2)3)8-17(18)24-19(26)11-30-20(27)13-9-15(22)16(23)10-14(13)21/h5-6,8-10H,4,7,11H2,1-3H3. The Kier molecular flexibility index (Phi) is 6.63. The van der Waals surface area contributed by atoms with E-state index in [4.69, 9.17) is 16.3 Å². The van der Waals surface area contributed by atoms with Crippen molar-refractivity contribution in [2.75, 3.05) is 14.1 Å². The van der Waals surface area contributed by atoms with Crippen molar-refractivity contribution in [2.24, 2.45) is 0 Å². The number of aromatic nitrogens is 2. The Bertz CT molecular complexity index is 1260. The molecule has 0 spiro atoms. The van der Waals surface area contributed by atoms with E-state index in [1.54, 1.807) is 6.07 Å². The van der Waals surface area contributed by atoms with Crippen LogP contribution in [-0.2, 0) is 27.9 Å². The van der Waals surface area contributed by atoms with Gasteiger partial charge in [0.1, 0.15) is 12.4 Å². The minimum Gasteiger partial charge on any atom is -0.454 e. The number of rotatable bonds is 7. The summed E-state index contributed by atoms with van der Waals surface area (Å²) in [5, 5.41) is -0.274. The molecule has 1 aromatic heterocycles. The Hall–Kier alpha value is -2.56. The fourth-order valence-electron chi connectivity index (χ4n) is 3.00. The van der Waals surface area contributed by atoms with Gasteiger partial charge in [0.05, 0.1) is 26.5 Å². The summed E-state index contributed by atoms with van der Waals surface area (Å²) in [6, 6.07) is 5.96. The lowest BCUT2D eigenvalue weighted by Crippen LogP contribution is -2.22. The molecule has 1 heterocycles. The smallest absolute Gasteiger partial charge is 0.340 e. The molecule has 3 aromatic rings. The number of ether oxygens (including phenoxy) is 1. The maximum absolute atomic E-state index is 13.5. The van der Waals surface area contributed by atoms with E-state index in [9.17, 15) is 22.0 Å². The molecule has 0 aliphatic carbocycles. The van der Waals surface area contributed by atoms with Crippen LogP contribution < -0.4 is 0 Å². The second kappa shape index (κ2) is 8.89. The van der Waals surface area contributed by atoms with E-state index in [1.807, 2.05) is 11.5 Å². The normalized spacial score (nSPS) is 12.0. The monoisotopic (exact) mass is 471 g/mol. The first-order valence-corrected chi connectivity index (χ1v) is 11.1. The molecule has 11 heteroatoms. The fraction of sp³-hybridized carbons (Fsp3) is 0.300. The molecule has 0 saturated carbocycles. The summed E-state index contributed by atoms with van der Waals surface area (Å²) in [7, 11) is -0.772. The van der Waals surface area contributed by atoms with Crippen LogP contribution in [0.25, 0.3) is 11.0 Å². The van der Waals surface area contributed by atoms with Gasteiger partial charge in [0.25, 0.3) is 0 Å². The molecule has 0 atom stereocenters. The Morgan fingerprint density at radius 1 is 1.19 bits per heavy atom. The highest BCUT2D eigenvalue weighted by Gasteiger charge is 2.21. The third-order valence-electron chi connectivity index (χ3n) is 4.59. The summed E-state index contributed by atoms with van der Waals surface area (Å²) in [5.74, 6) is -2.95. The van der Waals surface area contributed by atoms with E-state index >= 15 is 0 Å². The second-order valence-electron chi connectivity index (χ2n) is 6.94. The highest BCUT2D eigenvalue weighted by Crippen LogP contribution is 2.24. The summed E-state index contributed by atoms with van der Waals surface area (Å²) < 4.78 is 59.6. The van der Waals surface area contributed by atoms with Gasteiger partial charge in [-0.2, -0.15) is 0 Å². The summed E-state index contributed by atoms with van der Waals surface area (Å²) >= 11 is 5.82. The minimum atomic E-state index is -3.64. The van der Waals surface area contributed by atoms with Gasteiger partial charge in [-0.3, -0.25) is 0 Å². The lowest BCUT2D eigenvalue weighted by molar-refractivity contribution is 0.0458. The van der Waals surface area contributed by atoms with Gasteiger partial charge in [-0.05, 0) is 36.8 Å². The number of nitrogens with zero attached hydrogens (tertiary/aromatic N) is 3. The van der Waals surface area contributed by atoms with Crippen molar-refractivity contribution in [3.8, 4) is 0 Å². The van der Waals surface area contributed by atoms with Gasteiger partial charge in [-0.15, -0.1) is 0 Å². The Balaban J connectivity index is 1.93. The second-order valence-corrected chi connectivity index (χ2v) is 9.50. The summed E-state index contributed by atoms with van der Waals surface area (Å²) in [5.41, 5.74) is 0.794. The number of hydrogen-bond acceptors (Lipinski definition) is 5. The quantitative estimate of drug-likeness (QED) is 0.384. The molecular weight excluding hydrogens is 452 g/mol. The zero-order chi connectivity index (χ0) is 22.9. The van der Waals surface area contributed by atoms with Crippen LogP contribution in [0.1, 0.15) is 29.5 Å². The van der Waals surface area contributed by atoms with E-state index < -0.39 is 27.6 Å². The number of carbonyl (C=O) groups is 1. The molecule has 7 nitrogen and oxygen atoms in total. The number of aryl methyl sites for hydroxylation is 1. The zero-order valence-corrected chi connectivity index (χ0v) is 18.6. The number of fused-ring (bicyclic) bond motifs is 1. The van der Waals surface area contributed by atoms with Crippen LogP contribution in [0.5, 0.6) is 0 Å². The molecule has 31 heavy (non-hydrogen) atoms. The van der Waals surface area contributed by atoms with E-state index in [2.05, 4.69) is 4.98 Å². The van der Waals surface area contributed by atoms with Crippen molar-refractivity contribution in [1.29, 1.82) is 0 Å². The third kappa shape index (κ3) is 4.56. The van der Waals surface area contributed by atoms with Crippen LogP contribution in [0.4, 0.5) is 8.78 Å². The first kappa shape index (κ1) is 23.1. The summed E-state index contributed by atoms with van der Waals surface area (Å²) in [6.45, 7) is 2.24. The number of sulfonamides is 1. The van der Waals surface area contributed by atoms with Crippen LogP contribution >= 0.6 is 11.6 Å². The van der Waals surface area contributed by atoms with E-state index in [1.165, 1.54) is 26.2 Å². The molecular formula is C20H20ClF2N3O4S. The van der Waals surface area contributed by atoms with E-state index in [0.717, 1.165) is 10.7 Å². The SMILES string of the molecule is CCCn1c(COC(=O)c2cc(F)c(F)cc2Cl)nc2cc(S(=O)(=O)N(C)C)ccc21. The molecule has 0 saturated heterocycles. The van der Waals surface area contributed by atoms with Gasteiger partial charge < -0.3 is 9.30 Å². The van der Waals surface area contributed by atoms with Gasteiger partial charge in [0, 0.05) is 20.6 Å². The number of hydrogen-bond donors (Lipinski definition) is 0. The van der Waals surface area contributed by atoms with Gasteiger partial charge in [0.15, 0.2) is 11.6 Å². The lowest BCUT2D eigenvalue weighted by atomic mass is 10.2. The summed E-state index contributed by atoms with van der Waals surface area (Å²) in [6.07, 6.45) is 0.749. The topological polar surface area (TPSA) is 81.5 Å². The van der Waals surface area contributed by atoms with Crippen molar-refractivity contribution in [1.82, 2.24) is 13.9 Å². The van der Waals surface area contributed by atoms with Crippen molar-refractivity contribution < 1.29 is 26.7 Å². The van der Waals surface area contributed by atoms with Crippen molar-refractivity contribution in [2.45, 2.75) is 31.4 Å². The number of imidazole rings is 1. The molecule has 0 unspecified atom stereocenters. The molecule has 2 aromatic carbocycles. The third-order valence-corrected chi connectivity index (χ3v) is 6.71. The van der Waals surface area contributed by atoms with Crippen molar-refractivity contribution in [3.05, 3.63) is 58.4 Å². The van der Waals surface area contributed by atoms with Crippen molar-refractivity contribution >= 4 is 38.6 Å². The predicted molar refractivity (Wildman–Crippen MR) is 111 cm³/mol. The van der Waals surface area contributed by atoms with Crippen LogP contribution in [0.2, 0.25) is 5.02 Å². The minimum absolute atomic E-state index is 0.0864. The van der Waals surface area contributed by atoms with E-state index in [-0.39, 0.29) is 22.1 Å². The molecule has 166 valence electrons. The number of halogens is 3. The Morgan fingerprint density at radius 2 is 1.87 bits per heavy atom. The zero-order valence-electron chi connectivity index (χ0n) is 17.0. The number of benzene rings is 2. The van der Waals surface area contributed by atoms with Gasteiger partial charge in [-0.1, -0.05) is 18.5 Å². The van der Waals surface area contributed by atoms with Crippen LogP contribution in [-0.4, -0.2) is 42.3 Å². The number of esters is 1. The number of carbonyl (C=O) groups excluding carboxylic acids is 1. The fourth-order valence-corrected chi connectivity index (χ4v) is 4.15. The van der Waals surface area contributed by atoms with Gasteiger partial charge in [-0.25, -0.2) is 31.3 Å². The Labute approximate surface area is 183 Å². The van der Waals surface area contributed by atoms with Crippen LogP contribution in [0.15, 0.2) is 35.2 Å². The summed E-state index contributed by atoms with van der Waals surface area (Å²) in [4.78, 5) is 16.8. The molecule has 0 N–H and O–H groups in total. The Morgan fingerprint density at radius 3 is 2.52 bits per heavy atom. The highest BCUT2D eigenvalue weighted by atomic mass is 35.5. The van der Waals surface area contributed by atoms with Crippen LogP contribution in [0.3, 0.4) is 0 Å². The molecule has 0 amide bonds. The lowest BCUT2D eigenvalue weighted by Gasteiger charge is -2.11. The maximum atomic E-state index is 13.5.